The van der Waals surface area contributed by atoms with Crippen LogP contribution >= 0.6 is 0 Å². The van der Waals surface area contributed by atoms with Crippen molar-refractivity contribution in [2.45, 2.75) is 52.0 Å². The Labute approximate surface area is 91.3 Å². The van der Waals surface area contributed by atoms with E-state index in [2.05, 4.69) is 22.2 Å². The van der Waals surface area contributed by atoms with Crippen molar-refractivity contribution in [3.63, 3.8) is 0 Å². The molecule has 0 aliphatic heterocycles. The molecule has 0 spiro atoms. The van der Waals surface area contributed by atoms with Crippen LogP contribution in [0.1, 0.15) is 44.0 Å². The van der Waals surface area contributed by atoms with Crippen LogP contribution in [0.3, 0.4) is 0 Å². The zero-order valence-corrected chi connectivity index (χ0v) is 9.80. The molecule has 1 saturated carbocycles. The second-order valence-electron chi connectivity index (χ2n) is 4.54. The zero-order valence-electron chi connectivity index (χ0n) is 9.80. The average Bonchev–Trinajstić information content (AvgIpc) is 2.17. The van der Waals surface area contributed by atoms with Gasteiger partial charge in [0.2, 0.25) is 0 Å². The molecule has 1 fully saturated rings. The summed E-state index contributed by atoms with van der Waals surface area (Å²) in [7, 11) is 0. The van der Waals surface area contributed by atoms with Crippen LogP contribution in [-0.2, 0) is 0 Å². The fraction of sp³-hybridized carbons (Fsp3) is 0.667. The molecule has 0 saturated heterocycles. The van der Waals surface area contributed by atoms with Gasteiger partial charge in [0.05, 0.1) is 17.6 Å². The van der Waals surface area contributed by atoms with Gasteiger partial charge in [-0.15, -0.1) is 0 Å². The van der Waals surface area contributed by atoms with Crippen LogP contribution in [0.2, 0.25) is 0 Å². The summed E-state index contributed by atoms with van der Waals surface area (Å²) in [6, 6.07) is 0. The van der Waals surface area contributed by atoms with E-state index in [1.165, 1.54) is 25.7 Å². The third-order valence-corrected chi connectivity index (χ3v) is 3.57. The Bertz CT molecular complexity index is 350. The highest BCUT2D eigenvalue weighted by Crippen LogP contribution is 2.37. The number of hydrogen-bond donors (Lipinski definition) is 1. The van der Waals surface area contributed by atoms with Crippen LogP contribution in [0, 0.1) is 13.8 Å². The van der Waals surface area contributed by atoms with Gasteiger partial charge in [-0.05, 0) is 39.5 Å². The maximum Gasteiger partial charge on any atom is 0.145 e. The second kappa shape index (κ2) is 3.80. The van der Waals surface area contributed by atoms with E-state index in [1.807, 2.05) is 20.0 Å². The van der Waals surface area contributed by atoms with Crippen molar-refractivity contribution in [2.75, 3.05) is 5.32 Å². The molecular weight excluding hydrogens is 186 g/mol. The molecule has 0 bridgehead atoms. The van der Waals surface area contributed by atoms with E-state index in [-0.39, 0.29) is 0 Å². The molecule has 1 aromatic rings. The van der Waals surface area contributed by atoms with Gasteiger partial charge in [0, 0.05) is 5.54 Å². The molecule has 82 valence electrons. The fourth-order valence-electron chi connectivity index (χ4n) is 2.04. The lowest BCUT2D eigenvalue weighted by Crippen LogP contribution is -2.44. The predicted octanol–water partition coefficient (Wildman–Crippen LogP) is 2.84. The maximum atomic E-state index is 4.51. The van der Waals surface area contributed by atoms with Gasteiger partial charge < -0.3 is 5.32 Å². The first-order chi connectivity index (χ1) is 7.15. The van der Waals surface area contributed by atoms with E-state index in [9.17, 15) is 0 Å². The summed E-state index contributed by atoms with van der Waals surface area (Å²) in [5.41, 5.74) is 2.33. The highest BCUT2D eigenvalue weighted by molar-refractivity contribution is 5.38. The first kappa shape index (κ1) is 10.4. The Morgan fingerprint density at radius 2 is 2.07 bits per heavy atom. The molecule has 1 aliphatic carbocycles. The maximum absolute atomic E-state index is 4.51. The summed E-state index contributed by atoms with van der Waals surface area (Å²) >= 11 is 0. The summed E-state index contributed by atoms with van der Waals surface area (Å²) in [5, 5.41) is 3.54. The molecule has 0 atom stereocenters. The predicted molar refractivity (Wildman–Crippen MR) is 62.0 cm³/mol. The largest absolute Gasteiger partial charge is 0.363 e. The van der Waals surface area contributed by atoms with Crippen LogP contribution < -0.4 is 5.32 Å². The first-order valence-electron chi connectivity index (χ1n) is 5.74. The zero-order chi connectivity index (χ0) is 10.9. The van der Waals surface area contributed by atoms with Crippen LogP contribution in [0.25, 0.3) is 0 Å². The van der Waals surface area contributed by atoms with Crippen molar-refractivity contribution in [2.24, 2.45) is 0 Å². The molecule has 0 unspecified atom stereocenters. The van der Waals surface area contributed by atoms with Gasteiger partial charge in [0.1, 0.15) is 5.82 Å². The van der Waals surface area contributed by atoms with Crippen molar-refractivity contribution in [1.82, 2.24) is 9.97 Å². The standard InChI is InChI=1S/C12H19N3/c1-4-12(6-5-7-12)15-11-8-13-9(2)10(3)14-11/h8H,4-7H2,1-3H3,(H,14,15). The molecule has 0 amide bonds. The van der Waals surface area contributed by atoms with Crippen molar-refractivity contribution in [1.29, 1.82) is 0 Å². The fourth-order valence-corrected chi connectivity index (χ4v) is 2.04. The smallest absolute Gasteiger partial charge is 0.145 e. The van der Waals surface area contributed by atoms with Crippen LogP contribution in [0.5, 0.6) is 0 Å². The van der Waals surface area contributed by atoms with Gasteiger partial charge in [-0.2, -0.15) is 0 Å². The molecule has 1 heterocycles. The minimum Gasteiger partial charge on any atom is -0.363 e. The van der Waals surface area contributed by atoms with Crippen molar-refractivity contribution in [3.8, 4) is 0 Å². The van der Waals surface area contributed by atoms with Gasteiger partial charge in [-0.1, -0.05) is 6.92 Å². The Kier molecular flexibility index (Phi) is 2.63. The quantitative estimate of drug-likeness (QED) is 0.824. The van der Waals surface area contributed by atoms with Gasteiger partial charge in [0.15, 0.2) is 0 Å². The lowest BCUT2D eigenvalue weighted by atomic mass is 9.75. The SMILES string of the molecule is CCC1(Nc2cnc(C)c(C)n2)CCC1. The van der Waals surface area contributed by atoms with Crippen LogP contribution in [0.4, 0.5) is 5.82 Å². The average molecular weight is 205 g/mol. The van der Waals surface area contributed by atoms with E-state index in [0.717, 1.165) is 17.2 Å². The molecule has 3 nitrogen and oxygen atoms in total. The molecule has 15 heavy (non-hydrogen) atoms. The number of nitrogens with one attached hydrogen (secondary N) is 1. The van der Waals surface area contributed by atoms with E-state index in [1.54, 1.807) is 0 Å². The minimum absolute atomic E-state index is 0.302. The Hall–Kier alpha value is -1.12. The Morgan fingerprint density at radius 1 is 1.33 bits per heavy atom. The topological polar surface area (TPSA) is 37.8 Å². The number of anilines is 1. The lowest BCUT2D eigenvalue weighted by Gasteiger charge is -2.42. The third kappa shape index (κ3) is 1.96. The van der Waals surface area contributed by atoms with Gasteiger partial charge >= 0.3 is 0 Å². The second-order valence-corrected chi connectivity index (χ2v) is 4.54. The summed E-state index contributed by atoms with van der Waals surface area (Å²) in [6.07, 6.45) is 6.87. The lowest BCUT2D eigenvalue weighted by molar-refractivity contribution is 0.268. The molecule has 0 radical (unpaired) electrons. The van der Waals surface area contributed by atoms with E-state index >= 15 is 0 Å². The normalized spacial score (nSPS) is 18.3. The van der Waals surface area contributed by atoms with E-state index in [4.69, 9.17) is 0 Å². The van der Waals surface area contributed by atoms with Crippen molar-refractivity contribution < 1.29 is 0 Å². The monoisotopic (exact) mass is 205 g/mol. The number of aryl methyl sites for hydroxylation is 2. The van der Waals surface area contributed by atoms with Gasteiger partial charge in [0.25, 0.3) is 0 Å². The molecule has 3 heteroatoms. The number of aromatic nitrogens is 2. The molecule has 2 rings (SSSR count). The van der Waals surface area contributed by atoms with Crippen molar-refractivity contribution in [3.05, 3.63) is 17.6 Å². The summed E-state index contributed by atoms with van der Waals surface area (Å²) < 4.78 is 0. The molecule has 1 aromatic heterocycles. The minimum atomic E-state index is 0.302. The summed E-state index contributed by atoms with van der Waals surface area (Å²) in [5.74, 6) is 0.930. The number of nitrogens with zero attached hydrogens (tertiary/aromatic N) is 2. The number of rotatable bonds is 3. The highest BCUT2D eigenvalue weighted by Gasteiger charge is 2.35. The Morgan fingerprint density at radius 3 is 2.53 bits per heavy atom. The summed E-state index contributed by atoms with van der Waals surface area (Å²) in [4.78, 5) is 8.84. The molecule has 1 N–H and O–H groups in total. The highest BCUT2D eigenvalue weighted by atomic mass is 15.1. The van der Waals surface area contributed by atoms with Crippen LogP contribution in [0.15, 0.2) is 6.20 Å². The van der Waals surface area contributed by atoms with Gasteiger partial charge in [-0.3, -0.25) is 4.98 Å². The number of hydrogen-bond acceptors (Lipinski definition) is 3. The van der Waals surface area contributed by atoms with Crippen LogP contribution in [-0.4, -0.2) is 15.5 Å². The van der Waals surface area contributed by atoms with Crippen molar-refractivity contribution >= 4 is 5.82 Å². The molecule has 1 aliphatic rings. The van der Waals surface area contributed by atoms with Gasteiger partial charge in [-0.25, -0.2) is 4.98 Å². The third-order valence-electron chi connectivity index (χ3n) is 3.57. The van der Waals surface area contributed by atoms with E-state index in [0.29, 0.717) is 5.54 Å². The Balaban J connectivity index is 2.13. The summed E-state index contributed by atoms with van der Waals surface area (Å²) in [6.45, 7) is 6.23. The molecular formula is C12H19N3. The first-order valence-corrected chi connectivity index (χ1v) is 5.74. The van der Waals surface area contributed by atoms with E-state index < -0.39 is 0 Å². The molecule has 0 aromatic carbocycles.